The second kappa shape index (κ2) is 7.26. The van der Waals surface area contributed by atoms with Crippen molar-refractivity contribution < 1.29 is 9.59 Å². The summed E-state index contributed by atoms with van der Waals surface area (Å²) in [6.45, 7) is 0. The second-order valence-corrected chi connectivity index (χ2v) is 5.19. The summed E-state index contributed by atoms with van der Waals surface area (Å²) in [6, 6.07) is 14.9. The summed E-state index contributed by atoms with van der Waals surface area (Å²) in [6.07, 6.45) is 4.74. The van der Waals surface area contributed by atoms with Gasteiger partial charge >= 0.3 is 6.03 Å². The zero-order valence-electron chi connectivity index (χ0n) is 13.1. The lowest BCUT2D eigenvalue weighted by atomic mass is 10.1. The molecule has 3 rings (SSSR count). The normalized spacial score (nSPS) is 11.3. The highest BCUT2D eigenvalue weighted by Gasteiger charge is 2.21. The van der Waals surface area contributed by atoms with E-state index >= 15 is 0 Å². The molecule has 23 heavy (non-hydrogen) atoms. The molecule has 0 fully saturated rings. The molecule has 5 heteroatoms. The minimum absolute atomic E-state index is 0.474. The number of hydrogen-bond donors (Lipinski definition) is 1. The van der Waals surface area contributed by atoms with E-state index in [1.54, 1.807) is 19.0 Å². The fourth-order valence-corrected chi connectivity index (χ4v) is 2.21. The summed E-state index contributed by atoms with van der Waals surface area (Å²) in [5.74, 6) is 0. The molecule has 0 bridgehead atoms. The van der Waals surface area contributed by atoms with Gasteiger partial charge in [0.1, 0.15) is 0 Å². The molecule has 0 saturated carbocycles. The van der Waals surface area contributed by atoms with Gasteiger partial charge in [0.25, 0.3) is 0 Å². The summed E-state index contributed by atoms with van der Waals surface area (Å²) in [4.78, 5) is 24.2. The fourth-order valence-electron chi connectivity index (χ4n) is 2.21. The van der Waals surface area contributed by atoms with Crippen LogP contribution in [0.2, 0.25) is 0 Å². The van der Waals surface area contributed by atoms with Crippen LogP contribution in [0, 0.1) is 0 Å². The Labute approximate surface area is 135 Å². The number of nitrogens with two attached hydrogens (primary N) is 1. The molecule has 2 aromatic carbocycles. The smallest absolute Gasteiger partial charge is 0.323 e. The van der Waals surface area contributed by atoms with Gasteiger partial charge in [-0.3, -0.25) is 9.69 Å². The number of carbonyl (C=O) groups excluding carboxylic acids is 2. The number of urea groups is 1. The van der Waals surface area contributed by atoms with Crippen molar-refractivity contribution in [3.05, 3.63) is 59.7 Å². The van der Waals surface area contributed by atoms with Gasteiger partial charge in [-0.2, -0.15) is 0 Å². The third-order valence-electron chi connectivity index (χ3n) is 3.23. The number of primary amides is 1. The van der Waals surface area contributed by atoms with E-state index < -0.39 is 6.03 Å². The van der Waals surface area contributed by atoms with Crippen molar-refractivity contribution in [1.29, 1.82) is 0 Å². The predicted molar refractivity (Wildman–Crippen MR) is 93.3 cm³/mol. The molecule has 2 aromatic rings. The van der Waals surface area contributed by atoms with E-state index in [9.17, 15) is 9.59 Å². The number of nitrogens with zero attached hydrogens (tertiary/aromatic N) is 2. The lowest BCUT2D eigenvalue weighted by Crippen LogP contribution is -2.32. The highest BCUT2D eigenvalue weighted by atomic mass is 16.2. The highest BCUT2D eigenvalue weighted by molar-refractivity contribution is 6.04. The molecule has 0 saturated heterocycles. The Morgan fingerprint density at radius 3 is 1.70 bits per heavy atom. The number of anilines is 2. The minimum atomic E-state index is -0.474. The molecule has 5 nitrogen and oxygen atoms in total. The van der Waals surface area contributed by atoms with Crippen molar-refractivity contribution in [2.24, 2.45) is 5.73 Å². The standard InChI is InChI=1S/C15H12N2O.C3H7NO/c16-15(18)17-13-7-3-1-5-11(13)9-10-12-6-2-4-8-14(12)17;1-4(2)3-5/h1-10H,(H2,16,18);3H,1-2H3. The first-order valence-corrected chi connectivity index (χ1v) is 7.12. The van der Waals surface area contributed by atoms with E-state index in [0.717, 1.165) is 28.9 Å². The third-order valence-corrected chi connectivity index (χ3v) is 3.23. The van der Waals surface area contributed by atoms with E-state index in [2.05, 4.69) is 0 Å². The zero-order chi connectivity index (χ0) is 16.8. The monoisotopic (exact) mass is 309 g/mol. The van der Waals surface area contributed by atoms with Crippen LogP contribution in [0.15, 0.2) is 48.5 Å². The number of benzene rings is 2. The van der Waals surface area contributed by atoms with Gasteiger partial charge < -0.3 is 10.6 Å². The Kier molecular flexibility index (Phi) is 5.15. The molecule has 118 valence electrons. The van der Waals surface area contributed by atoms with Crippen LogP contribution < -0.4 is 10.6 Å². The van der Waals surface area contributed by atoms with Gasteiger partial charge in [-0.05, 0) is 23.3 Å². The van der Waals surface area contributed by atoms with Crippen LogP contribution in [-0.4, -0.2) is 31.4 Å². The molecule has 3 amide bonds. The molecule has 2 N–H and O–H groups in total. The highest BCUT2D eigenvalue weighted by Crippen LogP contribution is 2.35. The third kappa shape index (κ3) is 3.77. The van der Waals surface area contributed by atoms with E-state index in [-0.39, 0.29) is 0 Å². The molecule has 0 aromatic heterocycles. The van der Waals surface area contributed by atoms with Crippen molar-refractivity contribution in [2.45, 2.75) is 0 Å². The SMILES string of the molecule is CN(C)C=O.NC(=O)N1c2ccccc2C=Cc2ccccc21. The van der Waals surface area contributed by atoms with Gasteiger partial charge in [0, 0.05) is 14.1 Å². The van der Waals surface area contributed by atoms with Gasteiger partial charge in [-0.25, -0.2) is 4.79 Å². The molecule has 0 aliphatic carbocycles. The predicted octanol–water partition coefficient (Wildman–Crippen LogP) is 3.09. The van der Waals surface area contributed by atoms with Crippen molar-refractivity contribution in [2.75, 3.05) is 19.0 Å². The number of rotatable bonds is 1. The van der Waals surface area contributed by atoms with Gasteiger partial charge in [-0.15, -0.1) is 0 Å². The number of fused-ring (bicyclic) bond motifs is 2. The molecule has 1 aliphatic rings. The molecular formula is C18H19N3O2. The Bertz CT molecular complexity index is 689. The zero-order valence-corrected chi connectivity index (χ0v) is 13.1. The van der Waals surface area contributed by atoms with Crippen molar-refractivity contribution in [3.63, 3.8) is 0 Å². The number of hydrogen-bond acceptors (Lipinski definition) is 2. The van der Waals surface area contributed by atoms with E-state index in [1.807, 2.05) is 60.7 Å². The van der Waals surface area contributed by atoms with Gasteiger partial charge in [0.15, 0.2) is 0 Å². The van der Waals surface area contributed by atoms with Crippen molar-refractivity contribution in [1.82, 2.24) is 4.90 Å². The number of carbonyl (C=O) groups is 2. The van der Waals surface area contributed by atoms with Crippen LogP contribution in [0.1, 0.15) is 11.1 Å². The quantitative estimate of drug-likeness (QED) is 0.823. The van der Waals surface area contributed by atoms with Crippen LogP contribution in [0.25, 0.3) is 12.2 Å². The second-order valence-electron chi connectivity index (χ2n) is 5.19. The van der Waals surface area contributed by atoms with Crippen LogP contribution >= 0.6 is 0 Å². The van der Waals surface area contributed by atoms with Crippen molar-refractivity contribution in [3.8, 4) is 0 Å². The fraction of sp³-hybridized carbons (Fsp3) is 0.111. The first-order chi connectivity index (χ1) is 11.0. The summed E-state index contributed by atoms with van der Waals surface area (Å²) in [7, 11) is 3.38. The van der Waals surface area contributed by atoms with E-state index in [4.69, 9.17) is 5.73 Å². The largest absolute Gasteiger partial charge is 0.351 e. The summed E-state index contributed by atoms with van der Waals surface area (Å²) < 4.78 is 0. The molecule has 1 heterocycles. The van der Waals surface area contributed by atoms with Gasteiger partial charge in [0.2, 0.25) is 6.41 Å². The first kappa shape index (κ1) is 16.3. The lowest BCUT2D eigenvalue weighted by molar-refractivity contribution is -0.115. The topological polar surface area (TPSA) is 66.6 Å². The Hall–Kier alpha value is -3.08. The van der Waals surface area contributed by atoms with Crippen LogP contribution in [0.3, 0.4) is 0 Å². The summed E-state index contributed by atoms with van der Waals surface area (Å²) in [5.41, 5.74) is 9.11. The Morgan fingerprint density at radius 1 is 0.957 bits per heavy atom. The summed E-state index contributed by atoms with van der Waals surface area (Å²) >= 11 is 0. The van der Waals surface area contributed by atoms with Crippen LogP contribution in [-0.2, 0) is 4.79 Å². The summed E-state index contributed by atoms with van der Waals surface area (Å²) in [5, 5.41) is 0. The molecular weight excluding hydrogens is 290 g/mol. The maximum atomic E-state index is 11.8. The molecule has 1 aliphatic heterocycles. The first-order valence-electron chi connectivity index (χ1n) is 7.12. The molecule has 0 unspecified atom stereocenters. The Morgan fingerprint density at radius 2 is 1.35 bits per heavy atom. The Balaban J connectivity index is 0.000000338. The van der Waals surface area contributed by atoms with E-state index in [0.29, 0.717) is 0 Å². The van der Waals surface area contributed by atoms with Crippen molar-refractivity contribution >= 4 is 36.0 Å². The average Bonchev–Trinajstić information content (AvgIpc) is 2.72. The van der Waals surface area contributed by atoms with Crippen LogP contribution in [0.5, 0.6) is 0 Å². The average molecular weight is 309 g/mol. The maximum Gasteiger partial charge on any atom is 0.323 e. The van der Waals surface area contributed by atoms with E-state index in [1.165, 1.54) is 4.90 Å². The van der Waals surface area contributed by atoms with Crippen LogP contribution in [0.4, 0.5) is 16.2 Å². The number of amides is 3. The van der Waals surface area contributed by atoms with Gasteiger partial charge in [0.05, 0.1) is 11.4 Å². The number of para-hydroxylation sites is 2. The maximum absolute atomic E-state index is 11.8. The molecule has 0 spiro atoms. The van der Waals surface area contributed by atoms with Gasteiger partial charge in [-0.1, -0.05) is 48.6 Å². The minimum Gasteiger partial charge on any atom is -0.351 e. The molecule has 0 atom stereocenters. The molecule has 0 radical (unpaired) electrons. The lowest BCUT2D eigenvalue weighted by Gasteiger charge is -2.22.